The zero-order valence-corrected chi connectivity index (χ0v) is 11.7. The average molecular weight is 293 g/mol. The third-order valence-electron chi connectivity index (χ3n) is 3.45. The number of non-ortho nitro benzene ring substituents is 1. The van der Waals surface area contributed by atoms with Crippen LogP contribution in [0, 0.1) is 10.1 Å². The van der Waals surface area contributed by atoms with Gasteiger partial charge in [0.1, 0.15) is 5.54 Å². The number of benzene rings is 1. The Kier molecular flexibility index (Phi) is 3.90. The van der Waals surface area contributed by atoms with Gasteiger partial charge in [-0.15, -0.1) is 0 Å². The van der Waals surface area contributed by atoms with Crippen LogP contribution < -0.4 is 5.32 Å². The molecule has 1 N–H and O–H groups in total. The molecule has 8 nitrogen and oxygen atoms in total. The Morgan fingerprint density at radius 2 is 1.95 bits per heavy atom. The number of carbonyl (C=O) groups excluding carboxylic acids is 2. The van der Waals surface area contributed by atoms with Crippen molar-refractivity contribution in [1.82, 2.24) is 10.2 Å². The Bertz CT molecular complexity index is 586. The number of rotatable bonds is 5. The molecule has 8 heteroatoms. The molecule has 1 saturated heterocycles. The number of nitro groups is 1. The molecular weight excluding hydrogens is 278 g/mol. The monoisotopic (exact) mass is 293 g/mol. The molecule has 1 aromatic carbocycles. The number of nitro benzene ring substituents is 1. The van der Waals surface area contributed by atoms with E-state index >= 15 is 0 Å². The van der Waals surface area contributed by atoms with Crippen molar-refractivity contribution < 1.29 is 19.2 Å². The van der Waals surface area contributed by atoms with Crippen LogP contribution in [0.3, 0.4) is 0 Å². The first kappa shape index (κ1) is 14.9. The van der Waals surface area contributed by atoms with Crippen LogP contribution in [0.15, 0.2) is 24.3 Å². The van der Waals surface area contributed by atoms with Crippen molar-refractivity contribution in [3.8, 4) is 0 Å². The number of nitrogens with zero attached hydrogens (tertiary/aromatic N) is 2. The lowest BCUT2D eigenvalue weighted by Gasteiger charge is -2.22. The predicted octanol–water partition coefficient (Wildman–Crippen LogP) is 1.01. The highest BCUT2D eigenvalue weighted by molar-refractivity contribution is 6.07. The molecular formula is C13H15N3O5. The minimum Gasteiger partial charge on any atom is -0.383 e. The van der Waals surface area contributed by atoms with Crippen LogP contribution in [-0.4, -0.2) is 42.0 Å². The van der Waals surface area contributed by atoms with E-state index in [4.69, 9.17) is 4.74 Å². The highest BCUT2D eigenvalue weighted by atomic mass is 16.6. The third kappa shape index (κ3) is 2.57. The van der Waals surface area contributed by atoms with Crippen molar-refractivity contribution in [2.24, 2.45) is 0 Å². The van der Waals surface area contributed by atoms with Gasteiger partial charge in [0, 0.05) is 19.2 Å². The zero-order valence-electron chi connectivity index (χ0n) is 11.7. The van der Waals surface area contributed by atoms with E-state index in [9.17, 15) is 19.7 Å². The molecule has 0 aliphatic carbocycles. The van der Waals surface area contributed by atoms with Crippen LogP contribution in [0.5, 0.6) is 0 Å². The molecule has 1 heterocycles. The summed E-state index contributed by atoms with van der Waals surface area (Å²) < 4.78 is 4.87. The molecule has 0 spiro atoms. The predicted molar refractivity (Wildman–Crippen MR) is 72.6 cm³/mol. The highest BCUT2D eigenvalue weighted by Crippen LogP contribution is 2.29. The molecule has 0 bridgehead atoms. The van der Waals surface area contributed by atoms with Crippen LogP contribution in [0.25, 0.3) is 0 Å². The second-order valence-corrected chi connectivity index (χ2v) is 4.81. The fraction of sp³-hybridized carbons (Fsp3) is 0.385. The van der Waals surface area contributed by atoms with Crippen molar-refractivity contribution in [3.05, 3.63) is 39.9 Å². The zero-order chi connectivity index (χ0) is 15.6. The van der Waals surface area contributed by atoms with Gasteiger partial charge >= 0.3 is 6.03 Å². The first-order valence-corrected chi connectivity index (χ1v) is 6.28. The number of amides is 3. The Morgan fingerprint density at radius 1 is 1.33 bits per heavy atom. The number of carbonyl (C=O) groups is 2. The van der Waals surface area contributed by atoms with Crippen molar-refractivity contribution in [2.75, 3.05) is 20.3 Å². The number of ether oxygens (including phenoxy) is 1. The molecule has 1 aliphatic rings. The van der Waals surface area contributed by atoms with Crippen LogP contribution >= 0.6 is 0 Å². The Hall–Kier alpha value is -2.48. The second-order valence-electron chi connectivity index (χ2n) is 4.81. The minimum absolute atomic E-state index is 0.0737. The van der Waals surface area contributed by atoms with Gasteiger partial charge in [-0.2, -0.15) is 0 Å². The Morgan fingerprint density at radius 3 is 2.48 bits per heavy atom. The normalized spacial score (nSPS) is 21.5. The second kappa shape index (κ2) is 5.49. The van der Waals surface area contributed by atoms with Crippen LogP contribution in [0.1, 0.15) is 12.5 Å². The average Bonchev–Trinajstić information content (AvgIpc) is 2.68. The lowest BCUT2D eigenvalue weighted by molar-refractivity contribution is -0.384. The summed E-state index contributed by atoms with van der Waals surface area (Å²) in [6.45, 7) is 1.97. The first-order valence-electron chi connectivity index (χ1n) is 6.28. The molecule has 2 rings (SSSR count). The number of urea groups is 1. The molecule has 0 unspecified atom stereocenters. The van der Waals surface area contributed by atoms with Crippen LogP contribution in [0.2, 0.25) is 0 Å². The van der Waals surface area contributed by atoms with Crippen LogP contribution in [0.4, 0.5) is 10.5 Å². The molecule has 0 aromatic heterocycles. The van der Waals surface area contributed by atoms with E-state index in [0.717, 1.165) is 4.90 Å². The number of methoxy groups -OCH3 is 1. The molecule has 21 heavy (non-hydrogen) atoms. The number of hydrogen-bond donors (Lipinski definition) is 1. The van der Waals surface area contributed by atoms with Crippen LogP contribution in [-0.2, 0) is 15.1 Å². The number of hydrogen-bond acceptors (Lipinski definition) is 5. The van der Waals surface area contributed by atoms with Gasteiger partial charge in [0.05, 0.1) is 18.1 Å². The van der Waals surface area contributed by atoms with Gasteiger partial charge in [-0.25, -0.2) is 4.79 Å². The first-order chi connectivity index (χ1) is 9.90. The fourth-order valence-corrected chi connectivity index (χ4v) is 2.19. The summed E-state index contributed by atoms with van der Waals surface area (Å²) in [5.74, 6) is -0.404. The van der Waals surface area contributed by atoms with Gasteiger partial charge < -0.3 is 10.1 Å². The summed E-state index contributed by atoms with van der Waals surface area (Å²) in [5.41, 5.74) is -0.804. The van der Waals surface area contributed by atoms with Gasteiger partial charge in [0.2, 0.25) is 0 Å². The smallest absolute Gasteiger partial charge is 0.325 e. The Balaban J connectivity index is 2.28. The molecule has 1 aromatic rings. The topological polar surface area (TPSA) is 102 Å². The van der Waals surface area contributed by atoms with E-state index in [2.05, 4.69) is 5.32 Å². The molecule has 1 atom stereocenters. The largest absolute Gasteiger partial charge is 0.383 e. The maximum atomic E-state index is 12.4. The summed E-state index contributed by atoms with van der Waals surface area (Å²) >= 11 is 0. The molecule has 0 saturated carbocycles. The van der Waals surface area contributed by atoms with Gasteiger partial charge in [-0.05, 0) is 24.6 Å². The van der Waals surface area contributed by atoms with Gasteiger partial charge in [0.25, 0.3) is 11.6 Å². The van der Waals surface area contributed by atoms with Crippen molar-refractivity contribution >= 4 is 17.6 Å². The highest BCUT2D eigenvalue weighted by Gasteiger charge is 2.48. The standard InChI is InChI=1S/C13H15N3O5/c1-13(9-3-5-10(6-4-9)16(19)20)11(17)15(7-8-21-2)12(18)14-13/h3-6H,7-8H2,1-2H3,(H,14,18)/t13-/m0/s1. The van der Waals surface area contributed by atoms with E-state index in [1.807, 2.05) is 0 Å². The molecule has 112 valence electrons. The summed E-state index contributed by atoms with van der Waals surface area (Å²) in [7, 11) is 1.48. The molecule has 1 aliphatic heterocycles. The number of nitrogens with one attached hydrogen (secondary N) is 1. The van der Waals surface area contributed by atoms with Crippen molar-refractivity contribution in [3.63, 3.8) is 0 Å². The van der Waals surface area contributed by atoms with E-state index in [0.29, 0.717) is 5.56 Å². The summed E-state index contributed by atoms with van der Waals surface area (Å²) in [4.78, 5) is 35.5. The van der Waals surface area contributed by atoms with E-state index in [1.54, 1.807) is 6.92 Å². The lowest BCUT2D eigenvalue weighted by atomic mass is 9.92. The molecule has 0 radical (unpaired) electrons. The van der Waals surface area contributed by atoms with Crippen molar-refractivity contribution in [2.45, 2.75) is 12.5 Å². The fourth-order valence-electron chi connectivity index (χ4n) is 2.19. The SMILES string of the molecule is COCCN1C(=O)N[C@@](C)(c2ccc([N+](=O)[O-])cc2)C1=O. The summed E-state index contributed by atoms with van der Waals surface area (Å²) in [6, 6.07) is 5.04. The van der Waals surface area contributed by atoms with E-state index < -0.39 is 22.4 Å². The number of imide groups is 1. The Labute approximate surface area is 120 Å². The minimum atomic E-state index is -1.22. The summed E-state index contributed by atoms with van der Waals surface area (Å²) in [6.07, 6.45) is 0. The molecule has 1 fully saturated rings. The van der Waals surface area contributed by atoms with Gasteiger partial charge in [-0.1, -0.05) is 0 Å². The quantitative estimate of drug-likeness (QED) is 0.496. The van der Waals surface area contributed by atoms with Crippen molar-refractivity contribution in [1.29, 1.82) is 0 Å². The maximum absolute atomic E-state index is 12.4. The summed E-state index contributed by atoms with van der Waals surface area (Å²) in [5, 5.41) is 13.3. The maximum Gasteiger partial charge on any atom is 0.325 e. The van der Waals surface area contributed by atoms with E-state index in [1.165, 1.54) is 31.4 Å². The lowest BCUT2D eigenvalue weighted by Crippen LogP contribution is -2.41. The third-order valence-corrected chi connectivity index (χ3v) is 3.45. The molecule has 3 amide bonds. The van der Waals surface area contributed by atoms with E-state index in [-0.39, 0.29) is 18.8 Å². The van der Waals surface area contributed by atoms with Gasteiger partial charge in [0.15, 0.2) is 0 Å². The van der Waals surface area contributed by atoms with Gasteiger partial charge in [-0.3, -0.25) is 19.8 Å².